The van der Waals surface area contributed by atoms with E-state index in [-0.39, 0.29) is 0 Å². The summed E-state index contributed by atoms with van der Waals surface area (Å²) in [5.74, 6) is 3.04. The quantitative estimate of drug-likeness (QED) is 0.563. The van der Waals surface area contributed by atoms with Gasteiger partial charge in [-0.25, -0.2) is 0 Å². The lowest BCUT2D eigenvalue weighted by Crippen LogP contribution is -2.27. The van der Waals surface area contributed by atoms with Gasteiger partial charge in [-0.15, -0.1) is 0 Å². The van der Waals surface area contributed by atoms with Crippen molar-refractivity contribution in [3.63, 3.8) is 0 Å². The van der Waals surface area contributed by atoms with Crippen molar-refractivity contribution < 1.29 is 0 Å². The van der Waals surface area contributed by atoms with Crippen LogP contribution in [-0.4, -0.2) is 0 Å². The van der Waals surface area contributed by atoms with E-state index in [2.05, 4.69) is 19.1 Å². The molecule has 0 bridgehead atoms. The molecule has 0 heteroatoms. The Hall–Kier alpha value is -0.260. The fraction of sp³-hybridized carbons (Fsp3) is 0.875. The van der Waals surface area contributed by atoms with Gasteiger partial charge < -0.3 is 0 Å². The molecule has 0 aromatic rings. The van der Waals surface area contributed by atoms with Gasteiger partial charge in [-0.3, -0.25) is 0 Å². The standard InChI is InChI=1S/C16H28/c1-2-3-9-14-12-7-8-13-16(14)15-10-5-4-6-11-15/h3,9,14-16H,2,4-8,10-13H2,1H3/b9-3+. The first-order valence-electron chi connectivity index (χ1n) is 7.58. The molecule has 0 saturated heterocycles. The molecule has 0 aliphatic heterocycles. The van der Waals surface area contributed by atoms with E-state index in [0.29, 0.717) is 0 Å². The molecule has 2 aliphatic carbocycles. The molecule has 2 rings (SSSR count). The summed E-state index contributed by atoms with van der Waals surface area (Å²) >= 11 is 0. The Labute approximate surface area is 102 Å². The largest absolute Gasteiger partial charge is 0.0885 e. The van der Waals surface area contributed by atoms with Crippen molar-refractivity contribution >= 4 is 0 Å². The first kappa shape index (κ1) is 12.2. The van der Waals surface area contributed by atoms with Crippen LogP contribution in [0.25, 0.3) is 0 Å². The summed E-state index contributed by atoms with van der Waals surface area (Å²) in [4.78, 5) is 0. The second kappa shape index (κ2) is 6.47. The van der Waals surface area contributed by atoms with Gasteiger partial charge in [0.15, 0.2) is 0 Å². The minimum atomic E-state index is 0.928. The number of hydrogen-bond acceptors (Lipinski definition) is 0. The van der Waals surface area contributed by atoms with Gasteiger partial charge in [-0.1, -0.05) is 64.0 Å². The highest BCUT2D eigenvalue weighted by Crippen LogP contribution is 2.42. The van der Waals surface area contributed by atoms with Crippen LogP contribution >= 0.6 is 0 Å². The van der Waals surface area contributed by atoms with Crippen LogP contribution in [0.5, 0.6) is 0 Å². The average Bonchev–Trinajstić information content (AvgIpc) is 2.38. The van der Waals surface area contributed by atoms with Gasteiger partial charge >= 0.3 is 0 Å². The predicted octanol–water partition coefficient (Wildman–Crippen LogP) is 5.34. The van der Waals surface area contributed by atoms with Gasteiger partial charge in [0.25, 0.3) is 0 Å². The Kier molecular flexibility index (Phi) is 4.93. The molecule has 0 amide bonds. The monoisotopic (exact) mass is 220 g/mol. The highest BCUT2D eigenvalue weighted by Gasteiger charge is 2.30. The molecule has 0 radical (unpaired) electrons. The van der Waals surface area contributed by atoms with Crippen molar-refractivity contribution in [3.8, 4) is 0 Å². The number of allylic oxidation sites excluding steroid dienone is 2. The second-order valence-electron chi connectivity index (χ2n) is 5.85. The molecule has 16 heavy (non-hydrogen) atoms. The van der Waals surface area contributed by atoms with Crippen LogP contribution in [0, 0.1) is 17.8 Å². The lowest BCUT2D eigenvalue weighted by Gasteiger charge is -2.38. The number of hydrogen-bond donors (Lipinski definition) is 0. The molecule has 0 nitrogen and oxygen atoms in total. The molecule has 92 valence electrons. The molecule has 0 N–H and O–H groups in total. The summed E-state index contributed by atoms with van der Waals surface area (Å²) in [6.45, 7) is 2.26. The van der Waals surface area contributed by atoms with Crippen molar-refractivity contribution in [2.75, 3.05) is 0 Å². The summed E-state index contributed by atoms with van der Waals surface area (Å²) in [5.41, 5.74) is 0. The fourth-order valence-electron chi connectivity index (χ4n) is 3.89. The van der Waals surface area contributed by atoms with E-state index >= 15 is 0 Å². The highest BCUT2D eigenvalue weighted by atomic mass is 14.4. The molecule has 2 unspecified atom stereocenters. The molecule has 2 fully saturated rings. The first-order chi connectivity index (χ1) is 7.92. The highest BCUT2D eigenvalue weighted by molar-refractivity contribution is 4.95. The maximum absolute atomic E-state index is 2.55. The Morgan fingerprint density at radius 3 is 2.31 bits per heavy atom. The van der Waals surface area contributed by atoms with Crippen LogP contribution in [-0.2, 0) is 0 Å². The molecule has 2 atom stereocenters. The predicted molar refractivity (Wildman–Crippen MR) is 71.5 cm³/mol. The third-order valence-electron chi connectivity index (χ3n) is 4.75. The van der Waals surface area contributed by atoms with Crippen molar-refractivity contribution in [1.29, 1.82) is 0 Å². The van der Waals surface area contributed by atoms with Crippen molar-refractivity contribution in [2.24, 2.45) is 17.8 Å². The Morgan fingerprint density at radius 2 is 1.56 bits per heavy atom. The van der Waals surface area contributed by atoms with Gasteiger partial charge in [0.2, 0.25) is 0 Å². The van der Waals surface area contributed by atoms with Crippen LogP contribution < -0.4 is 0 Å². The van der Waals surface area contributed by atoms with E-state index in [9.17, 15) is 0 Å². The van der Waals surface area contributed by atoms with Gasteiger partial charge in [-0.2, -0.15) is 0 Å². The zero-order valence-corrected chi connectivity index (χ0v) is 11.0. The SMILES string of the molecule is CC/C=C/C1CCCCC1C1CCCCC1. The van der Waals surface area contributed by atoms with Gasteiger partial charge in [0, 0.05) is 0 Å². The summed E-state index contributed by atoms with van der Waals surface area (Å²) in [5, 5.41) is 0. The second-order valence-corrected chi connectivity index (χ2v) is 5.85. The van der Waals surface area contributed by atoms with E-state index in [1.807, 2.05) is 0 Å². The van der Waals surface area contributed by atoms with Crippen molar-refractivity contribution in [2.45, 2.75) is 71.1 Å². The summed E-state index contributed by atoms with van der Waals surface area (Å²) in [6.07, 6.45) is 19.7. The van der Waals surface area contributed by atoms with Gasteiger partial charge in [0.1, 0.15) is 0 Å². The van der Waals surface area contributed by atoms with E-state index in [4.69, 9.17) is 0 Å². The third kappa shape index (κ3) is 3.12. The first-order valence-corrected chi connectivity index (χ1v) is 7.58. The van der Waals surface area contributed by atoms with Gasteiger partial charge in [-0.05, 0) is 37.0 Å². The lowest BCUT2D eigenvalue weighted by atomic mass is 9.68. The minimum Gasteiger partial charge on any atom is -0.0885 e. The van der Waals surface area contributed by atoms with E-state index in [1.54, 1.807) is 0 Å². The van der Waals surface area contributed by atoms with Crippen LogP contribution in [0.3, 0.4) is 0 Å². The number of rotatable bonds is 3. The average molecular weight is 220 g/mol. The van der Waals surface area contributed by atoms with Crippen molar-refractivity contribution in [1.82, 2.24) is 0 Å². The molecule has 0 aromatic carbocycles. The molecule has 0 heterocycles. The summed E-state index contributed by atoms with van der Waals surface area (Å²) in [6, 6.07) is 0. The topological polar surface area (TPSA) is 0 Å². The molecule has 0 aromatic heterocycles. The summed E-state index contributed by atoms with van der Waals surface area (Å²) < 4.78 is 0. The third-order valence-corrected chi connectivity index (χ3v) is 4.75. The maximum Gasteiger partial charge on any atom is -0.0203 e. The Morgan fingerprint density at radius 1 is 0.875 bits per heavy atom. The maximum atomic E-state index is 2.55. The smallest absolute Gasteiger partial charge is 0.0203 e. The zero-order chi connectivity index (χ0) is 11.2. The Bertz CT molecular complexity index is 210. The van der Waals surface area contributed by atoms with E-state index < -0.39 is 0 Å². The van der Waals surface area contributed by atoms with Gasteiger partial charge in [0.05, 0.1) is 0 Å². The zero-order valence-electron chi connectivity index (χ0n) is 11.0. The van der Waals surface area contributed by atoms with Crippen molar-refractivity contribution in [3.05, 3.63) is 12.2 Å². The minimum absolute atomic E-state index is 0.928. The van der Waals surface area contributed by atoms with Crippen LogP contribution in [0.1, 0.15) is 71.1 Å². The molecule has 2 saturated carbocycles. The fourth-order valence-corrected chi connectivity index (χ4v) is 3.89. The Balaban J connectivity index is 1.94. The van der Waals surface area contributed by atoms with E-state index in [1.165, 1.54) is 64.2 Å². The van der Waals surface area contributed by atoms with E-state index in [0.717, 1.165) is 17.8 Å². The lowest BCUT2D eigenvalue weighted by molar-refractivity contribution is 0.155. The van der Waals surface area contributed by atoms with Crippen LogP contribution in [0.2, 0.25) is 0 Å². The molecular weight excluding hydrogens is 192 g/mol. The van der Waals surface area contributed by atoms with Crippen LogP contribution in [0.4, 0.5) is 0 Å². The summed E-state index contributed by atoms with van der Waals surface area (Å²) in [7, 11) is 0. The molecular formula is C16H28. The normalized spacial score (nSPS) is 33.3. The van der Waals surface area contributed by atoms with Crippen LogP contribution in [0.15, 0.2) is 12.2 Å². The molecule has 0 spiro atoms. The molecule has 2 aliphatic rings.